The lowest BCUT2D eigenvalue weighted by Gasteiger charge is -2.05. The fourth-order valence-corrected chi connectivity index (χ4v) is 3.66. The molecule has 18 heavy (non-hydrogen) atoms. The first kappa shape index (κ1) is 13.8. The highest BCUT2D eigenvalue weighted by Crippen LogP contribution is 2.28. The van der Waals surface area contributed by atoms with Crippen LogP contribution in [-0.2, 0) is 14.8 Å². The maximum Gasteiger partial charge on any atom is 0.250 e. The van der Waals surface area contributed by atoms with Gasteiger partial charge in [0.15, 0.2) is 0 Å². The first-order chi connectivity index (χ1) is 8.58. The van der Waals surface area contributed by atoms with Crippen molar-refractivity contribution in [2.45, 2.75) is 23.5 Å². The van der Waals surface area contributed by atoms with Crippen molar-refractivity contribution >= 4 is 27.0 Å². The smallest absolute Gasteiger partial charge is 0.250 e. The van der Waals surface area contributed by atoms with E-state index in [0.717, 1.165) is 23.9 Å². The average Bonchev–Trinajstić information content (AvgIpc) is 3.03. The molecule has 1 heterocycles. The largest absolute Gasteiger partial charge is 0.398 e. The molecule has 5 nitrogen and oxygen atoms in total. The molecule has 1 aromatic heterocycles. The van der Waals surface area contributed by atoms with Gasteiger partial charge in [0.25, 0.3) is 0 Å². The van der Waals surface area contributed by atoms with E-state index in [9.17, 15) is 8.42 Å². The third kappa shape index (κ3) is 4.24. The van der Waals surface area contributed by atoms with Gasteiger partial charge < -0.3 is 10.5 Å². The highest BCUT2D eigenvalue weighted by Gasteiger charge is 2.21. The van der Waals surface area contributed by atoms with Crippen LogP contribution in [0.1, 0.15) is 19.3 Å². The van der Waals surface area contributed by atoms with Crippen molar-refractivity contribution in [2.75, 3.05) is 25.5 Å². The lowest BCUT2D eigenvalue weighted by molar-refractivity contribution is 0.123. The van der Waals surface area contributed by atoms with Gasteiger partial charge in [-0.3, -0.25) is 0 Å². The Kier molecular flexibility index (Phi) is 4.60. The van der Waals surface area contributed by atoms with E-state index in [1.54, 1.807) is 5.38 Å². The van der Waals surface area contributed by atoms with E-state index in [4.69, 9.17) is 10.5 Å². The van der Waals surface area contributed by atoms with Gasteiger partial charge in [-0.2, -0.15) is 0 Å². The minimum atomic E-state index is -3.40. The first-order valence-electron chi connectivity index (χ1n) is 5.99. The van der Waals surface area contributed by atoms with Crippen molar-refractivity contribution in [1.29, 1.82) is 0 Å². The number of ether oxygens (including phenoxy) is 1. The predicted octanol–water partition coefficient (Wildman–Crippen LogP) is 1.43. The summed E-state index contributed by atoms with van der Waals surface area (Å²) in [6.07, 6.45) is 3.23. The summed E-state index contributed by atoms with van der Waals surface area (Å²) in [6.45, 7) is 1.81. The van der Waals surface area contributed by atoms with E-state index in [1.165, 1.54) is 18.9 Å². The monoisotopic (exact) mass is 290 g/mol. The molecular weight excluding hydrogens is 272 g/mol. The molecule has 3 N–H and O–H groups in total. The third-order valence-electron chi connectivity index (χ3n) is 2.67. The normalized spacial score (nSPS) is 16.0. The summed E-state index contributed by atoms with van der Waals surface area (Å²) in [5.74, 6) is 0.746. The van der Waals surface area contributed by atoms with Gasteiger partial charge in [0.2, 0.25) is 10.0 Å². The molecule has 0 bridgehead atoms. The summed E-state index contributed by atoms with van der Waals surface area (Å²) in [4.78, 5) is 0. The minimum Gasteiger partial charge on any atom is -0.398 e. The van der Waals surface area contributed by atoms with Crippen LogP contribution in [-0.4, -0.2) is 28.2 Å². The number of hydrogen-bond acceptors (Lipinski definition) is 5. The molecule has 0 aliphatic heterocycles. The number of nitrogens with one attached hydrogen (secondary N) is 1. The molecule has 2 rings (SSSR count). The Labute approximate surface area is 111 Å². The summed E-state index contributed by atoms with van der Waals surface area (Å²) in [7, 11) is -3.40. The molecule has 1 aliphatic carbocycles. The molecule has 0 amide bonds. The average molecular weight is 290 g/mol. The van der Waals surface area contributed by atoms with Crippen LogP contribution in [0.15, 0.2) is 15.7 Å². The van der Waals surface area contributed by atoms with Crippen molar-refractivity contribution in [1.82, 2.24) is 4.72 Å². The van der Waals surface area contributed by atoms with E-state index < -0.39 is 10.0 Å². The molecular formula is C11H18N2O3S2. The Balaban J connectivity index is 1.65. The van der Waals surface area contributed by atoms with Gasteiger partial charge in [0.05, 0.1) is 0 Å². The highest BCUT2D eigenvalue weighted by atomic mass is 32.2. The second-order valence-electron chi connectivity index (χ2n) is 4.47. The highest BCUT2D eigenvalue weighted by molar-refractivity contribution is 7.91. The molecule has 1 fully saturated rings. The maximum absolute atomic E-state index is 11.8. The molecule has 102 valence electrons. The van der Waals surface area contributed by atoms with Crippen molar-refractivity contribution in [3.8, 4) is 0 Å². The summed E-state index contributed by atoms with van der Waals surface area (Å²) in [5.41, 5.74) is 5.98. The quantitative estimate of drug-likeness (QED) is 0.710. The number of rotatable bonds is 8. The molecule has 7 heteroatoms. The van der Waals surface area contributed by atoms with Gasteiger partial charge in [-0.05, 0) is 31.2 Å². The molecule has 1 aromatic rings. The fourth-order valence-electron chi connectivity index (χ4n) is 1.46. The Morgan fingerprint density at radius 3 is 2.89 bits per heavy atom. The second-order valence-corrected chi connectivity index (χ2v) is 7.37. The van der Waals surface area contributed by atoms with Crippen LogP contribution in [0.4, 0.5) is 5.69 Å². The molecule has 0 saturated heterocycles. The number of nitrogen functional groups attached to an aromatic ring is 1. The van der Waals surface area contributed by atoms with Gasteiger partial charge in [-0.25, -0.2) is 13.1 Å². The second kappa shape index (κ2) is 6.01. The predicted molar refractivity (Wildman–Crippen MR) is 72.1 cm³/mol. The maximum atomic E-state index is 11.8. The Bertz CT molecular complexity index is 480. The van der Waals surface area contributed by atoms with Crippen molar-refractivity contribution in [3.63, 3.8) is 0 Å². The van der Waals surface area contributed by atoms with Gasteiger partial charge >= 0.3 is 0 Å². The topological polar surface area (TPSA) is 81.4 Å². The Hall–Kier alpha value is -0.630. The lowest BCUT2D eigenvalue weighted by atomic mass is 10.4. The zero-order valence-corrected chi connectivity index (χ0v) is 11.7. The van der Waals surface area contributed by atoms with Gasteiger partial charge in [0, 0.05) is 30.8 Å². The zero-order valence-electron chi connectivity index (χ0n) is 10.1. The van der Waals surface area contributed by atoms with Crippen LogP contribution in [0.3, 0.4) is 0 Å². The number of nitrogens with two attached hydrogens (primary N) is 1. The van der Waals surface area contributed by atoms with Crippen LogP contribution < -0.4 is 10.5 Å². The van der Waals surface area contributed by atoms with Crippen molar-refractivity contribution in [2.24, 2.45) is 5.92 Å². The van der Waals surface area contributed by atoms with Gasteiger partial charge in [-0.1, -0.05) is 0 Å². The molecule has 0 spiro atoms. The van der Waals surface area contributed by atoms with E-state index in [-0.39, 0.29) is 4.21 Å². The van der Waals surface area contributed by atoms with Crippen LogP contribution in [0.5, 0.6) is 0 Å². The third-order valence-corrected chi connectivity index (χ3v) is 5.59. The SMILES string of the molecule is Nc1csc(S(=O)(=O)NCCCOCC2CC2)c1. The van der Waals surface area contributed by atoms with Crippen LogP contribution in [0.2, 0.25) is 0 Å². The number of hydrogen-bond donors (Lipinski definition) is 2. The van der Waals surface area contributed by atoms with Crippen LogP contribution >= 0.6 is 11.3 Å². The van der Waals surface area contributed by atoms with Crippen molar-refractivity contribution in [3.05, 3.63) is 11.4 Å². The van der Waals surface area contributed by atoms with E-state index in [2.05, 4.69) is 4.72 Å². The molecule has 0 aromatic carbocycles. The standard InChI is InChI=1S/C11H18N2O3S2/c12-10-6-11(17-8-10)18(14,15)13-4-1-5-16-7-9-2-3-9/h6,8-9,13H,1-5,7,12H2. The molecule has 1 aliphatic rings. The minimum absolute atomic E-state index is 0.263. The summed E-state index contributed by atoms with van der Waals surface area (Å²) < 4.78 is 31.8. The number of sulfonamides is 1. The van der Waals surface area contributed by atoms with E-state index >= 15 is 0 Å². The Morgan fingerprint density at radius 1 is 1.50 bits per heavy atom. The van der Waals surface area contributed by atoms with E-state index in [1.807, 2.05) is 0 Å². The first-order valence-corrected chi connectivity index (χ1v) is 8.35. The molecule has 0 radical (unpaired) electrons. The number of thiophene rings is 1. The summed E-state index contributed by atoms with van der Waals surface area (Å²) in [5, 5.41) is 1.62. The summed E-state index contributed by atoms with van der Waals surface area (Å²) >= 11 is 1.13. The molecule has 0 unspecified atom stereocenters. The molecule has 1 saturated carbocycles. The summed E-state index contributed by atoms with van der Waals surface area (Å²) in [6, 6.07) is 1.47. The van der Waals surface area contributed by atoms with Crippen LogP contribution in [0.25, 0.3) is 0 Å². The zero-order chi connectivity index (χ0) is 13.0. The lowest BCUT2D eigenvalue weighted by Crippen LogP contribution is -2.25. The van der Waals surface area contributed by atoms with Gasteiger partial charge in [0.1, 0.15) is 4.21 Å². The van der Waals surface area contributed by atoms with E-state index in [0.29, 0.717) is 25.3 Å². The number of anilines is 1. The Morgan fingerprint density at radius 2 is 2.28 bits per heavy atom. The fraction of sp³-hybridized carbons (Fsp3) is 0.636. The molecule has 0 atom stereocenters. The van der Waals surface area contributed by atoms with Crippen molar-refractivity contribution < 1.29 is 13.2 Å². The van der Waals surface area contributed by atoms with Crippen LogP contribution in [0, 0.1) is 5.92 Å². The van der Waals surface area contributed by atoms with Gasteiger partial charge in [-0.15, -0.1) is 11.3 Å².